The van der Waals surface area contributed by atoms with E-state index in [1.807, 2.05) is 0 Å². The first-order valence-electron chi connectivity index (χ1n) is 5.26. The molecule has 1 aliphatic rings. The fraction of sp³-hybridized carbons (Fsp3) is 0.308. The molecule has 17 heavy (non-hydrogen) atoms. The van der Waals surface area contributed by atoms with Gasteiger partial charge in [0.15, 0.2) is 17.8 Å². The van der Waals surface area contributed by atoms with E-state index in [9.17, 15) is 4.79 Å². The molecular formula is C13H12O4. The smallest absolute Gasteiger partial charge is 0.231 e. The fourth-order valence-corrected chi connectivity index (χ4v) is 1.49. The Bertz CT molecular complexity index is 482. The largest absolute Gasteiger partial charge is 0.492 e. The third-order valence-corrected chi connectivity index (χ3v) is 2.29. The Morgan fingerprint density at radius 3 is 2.88 bits per heavy atom. The first kappa shape index (κ1) is 11.3. The van der Waals surface area contributed by atoms with E-state index in [1.165, 1.54) is 0 Å². The minimum atomic E-state index is 0.179. The third-order valence-electron chi connectivity index (χ3n) is 2.29. The Morgan fingerprint density at radius 2 is 2.18 bits per heavy atom. The number of ether oxygens (including phenoxy) is 3. The molecular weight excluding hydrogens is 220 g/mol. The van der Waals surface area contributed by atoms with Crippen LogP contribution in [0, 0.1) is 11.8 Å². The summed E-state index contributed by atoms with van der Waals surface area (Å²) < 4.78 is 15.9. The van der Waals surface area contributed by atoms with Crippen molar-refractivity contribution in [1.82, 2.24) is 0 Å². The third kappa shape index (κ3) is 2.51. The van der Waals surface area contributed by atoms with Crippen molar-refractivity contribution in [2.45, 2.75) is 13.3 Å². The second kappa shape index (κ2) is 5.26. The van der Waals surface area contributed by atoms with E-state index in [0.717, 1.165) is 6.29 Å². The van der Waals surface area contributed by atoms with Crippen LogP contribution in [0.25, 0.3) is 0 Å². The number of benzene rings is 1. The molecule has 0 fully saturated rings. The molecule has 0 saturated heterocycles. The first-order chi connectivity index (χ1) is 8.35. The van der Waals surface area contributed by atoms with Crippen LogP contribution in [0.5, 0.6) is 17.2 Å². The predicted octanol–water partition coefficient (Wildman–Crippen LogP) is 2.02. The molecule has 0 unspecified atom stereocenters. The summed E-state index contributed by atoms with van der Waals surface area (Å²) in [5.74, 6) is 7.35. The summed E-state index contributed by atoms with van der Waals surface area (Å²) in [7, 11) is 0. The molecule has 0 amide bonds. The molecule has 1 heterocycles. The molecule has 0 bridgehead atoms. The lowest BCUT2D eigenvalue weighted by Crippen LogP contribution is -1.99. The molecule has 0 spiro atoms. The van der Waals surface area contributed by atoms with E-state index >= 15 is 0 Å². The molecule has 0 aromatic heterocycles. The van der Waals surface area contributed by atoms with Crippen molar-refractivity contribution in [2.24, 2.45) is 0 Å². The fourth-order valence-electron chi connectivity index (χ4n) is 1.49. The molecule has 0 radical (unpaired) electrons. The summed E-state index contributed by atoms with van der Waals surface area (Å²) in [4.78, 5) is 10.9. The van der Waals surface area contributed by atoms with E-state index in [2.05, 4.69) is 11.8 Å². The van der Waals surface area contributed by atoms with Crippen LogP contribution < -0.4 is 14.2 Å². The van der Waals surface area contributed by atoms with Gasteiger partial charge in [-0.3, -0.25) is 4.79 Å². The molecule has 4 heteroatoms. The standard InChI is InChI=1S/C13H12O4/c1-2-3-4-5-15-11-7-13-12(16-9-17-13)6-10(11)8-14/h6-8H,4-5,9H2,1H3. The van der Waals surface area contributed by atoms with Gasteiger partial charge in [-0.2, -0.15) is 0 Å². The van der Waals surface area contributed by atoms with Crippen LogP contribution in [0.2, 0.25) is 0 Å². The van der Waals surface area contributed by atoms with E-state index in [0.29, 0.717) is 35.8 Å². The zero-order valence-electron chi connectivity index (χ0n) is 9.49. The second-order valence-corrected chi connectivity index (χ2v) is 3.39. The number of hydrogen-bond acceptors (Lipinski definition) is 4. The van der Waals surface area contributed by atoms with Crippen LogP contribution in [0.4, 0.5) is 0 Å². The van der Waals surface area contributed by atoms with Crippen LogP contribution in [0.3, 0.4) is 0 Å². The van der Waals surface area contributed by atoms with Crippen molar-refractivity contribution < 1.29 is 19.0 Å². The molecule has 0 saturated carbocycles. The number of carbonyl (C=O) groups excluding carboxylic acids is 1. The molecule has 0 N–H and O–H groups in total. The van der Waals surface area contributed by atoms with Gasteiger partial charge in [0.05, 0.1) is 12.2 Å². The minimum Gasteiger partial charge on any atom is -0.492 e. The van der Waals surface area contributed by atoms with Crippen molar-refractivity contribution in [1.29, 1.82) is 0 Å². The van der Waals surface area contributed by atoms with E-state index in [4.69, 9.17) is 14.2 Å². The maximum atomic E-state index is 10.9. The molecule has 1 aliphatic heterocycles. The summed E-state index contributed by atoms with van der Waals surface area (Å²) in [6, 6.07) is 3.29. The van der Waals surface area contributed by atoms with Gasteiger partial charge in [-0.25, -0.2) is 0 Å². The SMILES string of the molecule is CC#CCCOc1cc2c(cc1C=O)OCO2. The maximum Gasteiger partial charge on any atom is 0.231 e. The monoisotopic (exact) mass is 232 g/mol. The van der Waals surface area contributed by atoms with Crippen LogP contribution in [-0.4, -0.2) is 19.7 Å². The molecule has 0 atom stereocenters. The minimum absolute atomic E-state index is 0.179. The van der Waals surface area contributed by atoms with Crippen molar-refractivity contribution in [3.63, 3.8) is 0 Å². The Morgan fingerprint density at radius 1 is 1.41 bits per heavy atom. The van der Waals surface area contributed by atoms with Gasteiger partial charge in [0.2, 0.25) is 6.79 Å². The molecule has 0 aliphatic carbocycles. The number of hydrogen-bond donors (Lipinski definition) is 0. The number of fused-ring (bicyclic) bond motifs is 1. The molecule has 4 nitrogen and oxygen atoms in total. The second-order valence-electron chi connectivity index (χ2n) is 3.39. The Balaban J connectivity index is 2.14. The quantitative estimate of drug-likeness (QED) is 0.452. The highest BCUT2D eigenvalue weighted by Crippen LogP contribution is 2.37. The number of aldehydes is 1. The normalized spacial score (nSPS) is 11.6. The highest BCUT2D eigenvalue weighted by molar-refractivity contribution is 5.81. The van der Waals surface area contributed by atoms with Gasteiger partial charge in [0.25, 0.3) is 0 Å². The van der Waals surface area contributed by atoms with Crippen molar-refractivity contribution >= 4 is 6.29 Å². The van der Waals surface area contributed by atoms with Gasteiger partial charge in [-0.05, 0) is 13.0 Å². The molecule has 2 rings (SSSR count). The summed E-state index contributed by atoms with van der Waals surface area (Å²) in [6.45, 7) is 2.40. The van der Waals surface area contributed by atoms with E-state index in [1.54, 1.807) is 19.1 Å². The topological polar surface area (TPSA) is 44.8 Å². The molecule has 88 valence electrons. The van der Waals surface area contributed by atoms with Gasteiger partial charge < -0.3 is 14.2 Å². The van der Waals surface area contributed by atoms with Gasteiger partial charge in [-0.1, -0.05) is 0 Å². The summed E-state index contributed by atoms with van der Waals surface area (Å²) >= 11 is 0. The van der Waals surface area contributed by atoms with Crippen LogP contribution in [0.15, 0.2) is 12.1 Å². The van der Waals surface area contributed by atoms with Crippen molar-refractivity contribution in [2.75, 3.05) is 13.4 Å². The van der Waals surface area contributed by atoms with Gasteiger partial charge in [0.1, 0.15) is 5.75 Å². The Labute approximate surface area is 99.5 Å². The summed E-state index contributed by atoms with van der Waals surface area (Å²) in [5.41, 5.74) is 0.457. The van der Waals surface area contributed by atoms with Crippen LogP contribution in [0.1, 0.15) is 23.7 Å². The first-order valence-corrected chi connectivity index (χ1v) is 5.26. The summed E-state index contributed by atoms with van der Waals surface area (Å²) in [6.07, 6.45) is 1.37. The zero-order valence-corrected chi connectivity index (χ0v) is 9.49. The van der Waals surface area contributed by atoms with Gasteiger partial charge >= 0.3 is 0 Å². The lowest BCUT2D eigenvalue weighted by molar-refractivity contribution is 0.111. The highest BCUT2D eigenvalue weighted by Gasteiger charge is 2.17. The average molecular weight is 232 g/mol. The Hall–Kier alpha value is -2.15. The van der Waals surface area contributed by atoms with Crippen LogP contribution in [-0.2, 0) is 0 Å². The van der Waals surface area contributed by atoms with E-state index in [-0.39, 0.29) is 6.79 Å². The van der Waals surface area contributed by atoms with Crippen molar-refractivity contribution in [3.05, 3.63) is 17.7 Å². The lowest BCUT2D eigenvalue weighted by Gasteiger charge is -2.07. The van der Waals surface area contributed by atoms with E-state index < -0.39 is 0 Å². The lowest BCUT2D eigenvalue weighted by atomic mass is 10.2. The maximum absolute atomic E-state index is 10.9. The van der Waals surface area contributed by atoms with Crippen LogP contribution >= 0.6 is 0 Å². The number of carbonyl (C=O) groups is 1. The van der Waals surface area contributed by atoms with Gasteiger partial charge in [-0.15, -0.1) is 11.8 Å². The predicted molar refractivity (Wildman–Crippen MR) is 61.5 cm³/mol. The molecule has 1 aromatic rings. The summed E-state index contributed by atoms with van der Waals surface area (Å²) in [5, 5.41) is 0. The highest BCUT2D eigenvalue weighted by atomic mass is 16.7. The number of rotatable bonds is 4. The zero-order chi connectivity index (χ0) is 12.1. The molecule has 1 aromatic carbocycles. The average Bonchev–Trinajstić information content (AvgIpc) is 2.80. The Kier molecular flexibility index (Phi) is 3.51. The van der Waals surface area contributed by atoms with Gasteiger partial charge in [0, 0.05) is 12.5 Å². The van der Waals surface area contributed by atoms with Crippen molar-refractivity contribution in [3.8, 4) is 29.1 Å².